The molecule has 0 aliphatic rings. The van der Waals surface area contributed by atoms with Gasteiger partial charge < -0.3 is 15.1 Å². The quantitative estimate of drug-likeness (QED) is 0.805. The Bertz CT molecular complexity index is 423. The van der Waals surface area contributed by atoms with Crippen molar-refractivity contribution in [3.8, 4) is 11.5 Å². The number of phenolic OH excluding ortho intramolecular Hbond substituents is 2. The molecule has 0 saturated heterocycles. The molecule has 1 aromatic carbocycles. The molecule has 2 N–H and O–H groups in total. The average molecular weight is 269 g/mol. The van der Waals surface area contributed by atoms with E-state index < -0.39 is 0 Å². The van der Waals surface area contributed by atoms with Gasteiger partial charge in [0.05, 0.1) is 5.56 Å². The first-order valence-electron chi connectivity index (χ1n) is 5.79. The van der Waals surface area contributed by atoms with Gasteiger partial charge in [-0.3, -0.25) is 4.79 Å². The number of carbonyl (C=O) groups excluding carboxylic acids is 1. The lowest BCUT2D eigenvalue weighted by molar-refractivity contribution is 0.0740. The molecule has 1 rings (SSSR count). The lowest BCUT2D eigenvalue weighted by Crippen LogP contribution is -2.38. The van der Waals surface area contributed by atoms with Gasteiger partial charge in [0.15, 0.2) is 0 Å². The van der Waals surface area contributed by atoms with Crippen LogP contribution in [0, 0.1) is 0 Å². The predicted molar refractivity (Wildman–Crippen MR) is 74.3 cm³/mol. The molecule has 0 heterocycles. The Hall–Kier alpha value is -1.36. The van der Waals surface area contributed by atoms with Gasteiger partial charge in [0.25, 0.3) is 5.91 Å². The number of benzene rings is 1. The molecule has 0 aromatic heterocycles. The zero-order valence-electron chi connectivity index (χ0n) is 10.9. The Morgan fingerprint density at radius 3 is 2.67 bits per heavy atom. The molecule has 18 heavy (non-hydrogen) atoms. The fraction of sp³-hybridized carbons (Fsp3) is 0.462. The van der Waals surface area contributed by atoms with Crippen LogP contribution in [0.1, 0.15) is 23.7 Å². The maximum absolute atomic E-state index is 12.2. The topological polar surface area (TPSA) is 60.8 Å². The summed E-state index contributed by atoms with van der Waals surface area (Å²) in [6.07, 6.45) is 2.84. The SMILES string of the molecule is CCC(CSC)N(C)C(=O)c1cc(O)ccc1O. The fourth-order valence-corrected chi connectivity index (χ4v) is 2.59. The molecule has 4 nitrogen and oxygen atoms in total. The molecule has 0 fully saturated rings. The monoisotopic (exact) mass is 269 g/mol. The number of hydrogen-bond donors (Lipinski definition) is 2. The van der Waals surface area contributed by atoms with Gasteiger partial charge in [0.2, 0.25) is 0 Å². The third kappa shape index (κ3) is 3.32. The van der Waals surface area contributed by atoms with Crippen LogP contribution in [0.25, 0.3) is 0 Å². The van der Waals surface area contributed by atoms with E-state index in [-0.39, 0.29) is 29.0 Å². The Balaban J connectivity index is 2.95. The molecule has 0 aliphatic carbocycles. The summed E-state index contributed by atoms with van der Waals surface area (Å²) in [5.41, 5.74) is 0.136. The van der Waals surface area contributed by atoms with Gasteiger partial charge in [-0.2, -0.15) is 11.8 Å². The number of rotatable bonds is 5. The summed E-state index contributed by atoms with van der Waals surface area (Å²) in [6, 6.07) is 4.09. The minimum atomic E-state index is -0.274. The number of hydrogen-bond acceptors (Lipinski definition) is 4. The lowest BCUT2D eigenvalue weighted by atomic mass is 10.1. The van der Waals surface area contributed by atoms with Gasteiger partial charge >= 0.3 is 0 Å². The van der Waals surface area contributed by atoms with Crippen molar-refractivity contribution >= 4 is 17.7 Å². The second kappa shape index (κ2) is 6.54. The Labute approximate surface area is 112 Å². The number of thioether (sulfide) groups is 1. The highest BCUT2D eigenvalue weighted by atomic mass is 32.2. The second-order valence-electron chi connectivity index (χ2n) is 4.13. The van der Waals surface area contributed by atoms with Crippen molar-refractivity contribution in [2.75, 3.05) is 19.1 Å². The van der Waals surface area contributed by atoms with Crippen LogP contribution in [-0.4, -0.2) is 46.1 Å². The first-order valence-corrected chi connectivity index (χ1v) is 7.18. The van der Waals surface area contributed by atoms with Crippen LogP contribution in [0.2, 0.25) is 0 Å². The smallest absolute Gasteiger partial charge is 0.257 e. The molecule has 1 aromatic rings. The van der Waals surface area contributed by atoms with Gasteiger partial charge in [-0.25, -0.2) is 0 Å². The summed E-state index contributed by atoms with van der Waals surface area (Å²) in [7, 11) is 1.72. The van der Waals surface area contributed by atoms with Gasteiger partial charge in [-0.15, -0.1) is 0 Å². The summed E-state index contributed by atoms with van der Waals surface area (Å²) in [4.78, 5) is 13.9. The number of aromatic hydroxyl groups is 2. The summed E-state index contributed by atoms with van der Waals surface area (Å²) >= 11 is 1.68. The molecule has 0 radical (unpaired) electrons. The minimum Gasteiger partial charge on any atom is -0.508 e. The minimum absolute atomic E-state index is 0.0255. The zero-order chi connectivity index (χ0) is 13.7. The molecule has 100 valence electrons. The first-order chi connectivity index (χ1) is 8.51. The molecule has 1 atom stereocenters. The summed E-state index contributed by atoms with van der Waals surface area (Å²) in [5, 5.41) is 19.1. The Morgan fingerprint density at radius 2 is 2.11 bits per heavy atom. The van der Waals surface area contributed by atoms with Crippen LogP contribution in [-0.2, 0) is 0 Å². The van der Waals surface area contributed by atoms with Crippen molar-refractivity contribution in [3.63, 3.8) is 0 Å². The number of nitrogens with zero attached hydrogens (tertiary/aromatic N) is 1. The average Bonchev–Trinajstić information content (AvgIpc) is 2.37. The van der Waals surface area contributed by atoms with E-state index in [4.69, 9.17) is 0 Å². The zero-order valence-corrected chi connectivity index (χ0v) is 11.7. The Kier molecular flexibility index (Phi) is 5.34. The normalized spacial score (nSPS) is 12.2. The molecular formula is C13H19NO3S. The van der Waals surface area contributed by atoms with Crippen LogP contribution in [0.4, 0.5) is 0 Å². The van der Waals surface area contributed by atoms with Crippen molar-refractivity contribution in [1.82, 2.24) is 4.90 Å². The highest BCUT2D eigenvalue weighted by Crippen LogP contribution is 2.24. The standard InChI is InChI=1S/C13H19NO3S/c1-4-9(8-18-3)14(2)13(17)11-7-10(15)5-6-12(11)16/h5-7,9,15-16H,4,8H2,1-3H3. The van der Waals surface area contributed by atoms with Crippen LogP contribution in [0.15, 0.2) is 18.2 Å². The first kappa shape index (κ1) is 14.7. The van der Waals surface area contributed by atoms with Crippen LogP contribution in [0.3, 0.4) is 0 Å². The largest absolute Gasteiger partial charge is 0.508 e. The van der Waals surface area contributed by atoms with Crippen molar-refractivity contribution in [3.05, 3.63) is 23.8 Å². The molecule has 0 aliphatic heterocycles. The molecular weight excluding hydrogens is 250 g/mol. The summed E-state index contributed by atoms with van der Waals surface area (Å²) in [5.74, 6) is 0.439. The van der Waals surface area contributed by atoms with Crippen LogP contribution in [0.5, 0.6) is 11.5 Å². The van der Waals surface area contributed by atoms with Gasteiger partial charge in [0.1, 0.15) is 11.5 Å². The third-order valence-corrected chi connectivity index (χ3v) is 3.63. The second-order valence-corrected chi connectivity index (χ2v) is 5.05. The van der Waals surface area contributed by atoms with E-state index in [1.807, 2.05) is 13.2 Å². The van der Waals surface area contributed by atoms with E-state index in [1.54, 1.807) is 23.7 Å². The fourth-order valence-electron chi connectivity index (χ4n) is 1.75. The van der Waals surface area contributed by atoms with Crippen molar-refractivity contribution in [1.29, 1.82) is 0 Å². The molecule has 1 unspecified atom stereocenters. The molecule has 0 spiro atoms. The predicted octanol–water partition coefficient (Wildman–Crippen LogP) is 2.31. The van der Waals surface area contributed by atoms with E-state index >= 15 is 0 Å². The van der Waals surface area contributed by atoms with Crippen molar-refractivity contribution in [2.45, 2.75) is 19.4 Å². The van der Waals surface area contributed by atoms with E-state index in [9.17, 15) is 15.0 Å². The lowest BCUT2D eigenvalue weighted by Gasteiger charge is -2.27. The molecule has 5 heteroatoms. The number of carbonyl (C=O) groups is 1. The number of amides is 1. The van der Waals surface area contributed by atoms with E-state index in [2.05, 4.69) is 0 Å². The molecule has 0 bridgehead atoms. The van der Waals surface area contributed by atoms with Crippen molar-refractivity contribution < 1.29 is 15.0 Å². The van der Waals surface area contributed by atoms with Gasteiger partial charge in [0, 0.05) is 18.8 Å². The summed E-state index contributed by atoms with van der Waals surface area (Å²) < 4.78 is 0. The third-order valence-electron chi connectivity index (χ3n) is 2.91. The summed E-state index contributed by atoms with van der Waals surface area (Å²) in [6.45, 7) is 2.02. The number of phenols is 2. The van der Waals surface area contributed by atoms with Gasteiger partial charge in [-0.1, -0.05) is 6.92 Å². The van der Waals surface area contributed by atoms with E-state index in [0.717, 1.165) is 12.2 Å². The highest BCUT2D eigenvalue weighted by molar-refractivity contribution is 7.98. The van der Waals surface area contributed by atoms with Crippen molar-refractivity contribution in [2.24, 2.45) is 0 Å². The van der Waals surface area contributed by atoms with E-state index in [0.29, 0.717) is 0 Å². The van der Waals surface area contributed by atoms with Gasteiger partial charge in [-0.05, 0) is 30.9 Å². The molecule has 1 amide bonds. The van der Waals surface area contributed by atoms with E-state index in [1.165, 1.54) is 18.2 Å². The molecule has 0 saturated carbocycles. The maximum Gasteiger partial charge on any atom is 0.257 e. The van der Waals surface area contributed by atoms with Crippen LogP contribution >= 0.6 is 11.8 Å². The van der Waals surface area contributed by atoms with Crippen LogP contribution < -0.4 is 0 Å². The highest BCUT2D eigenvalue weighted by Gasteiger charge is 2.22. The maximum atomic E-state index is 12.2. The Morgan fingerprint density at radius 1 is 1.44 bits per heavy atom.